The van der Waals surface area contributed by atoms with Gasteiger partial charge in [-0.1, -0.05) is 84.4 Å². The number of benzene rings is 4. The van der Waals surface area contributed by atoms with Gasteiger partial charge in [0.1, 0.15) is 23.2 Å². The zero-order valence-corrected chi connectivity index (χ0v) is 20.8. The lowest BCUT2D eigenvalue weighted by Gasteiger charge is -2.33. The SMILES string of the molecule is COC(=O)C(c1ccccc1Cl)[P+](c1ccccc1)(c1ccccc1)c1ccccc1.[Br-]. The van der Waals surface area contributed by atoms with E-state index in [4.69, 9.17) is 16.3 Å². The van der Waals surface area contributed by atoms with E-state index in [1.54, 1.807) is 0 Å². The van der Waals surface area contributed by atoms with Gasteiger partial charge >= 0.3 is 5.97 Å². The number of halogens is 2. The number of methoxy groups -OCH3 is 1. The number of carbonyl (C=O) groups excluding carboxylic acids is 1. The summed E-state index contributed by atoms with van der Waals surface area (Å²) in [6.45, 7) is 0. The van der Waals surface area contributed by atoms with Gasteiger partial charge in [0.2, 0.25) is 5.66 Å². The molecular formula is C27H23BrClO2P. The molecule has 0 N–H and O–H groups in total. The van der Waals surface area contributed by atoms with E-state index in [1.807, 2.05) is 78.9 Å². The molecule has 0 aliphatic heterocycles. The fourth-order valence-corrected chi connectivity index (χ4v) is 9.29. The Morgan fingerprint density at radius 2 is 1.06 bits per heavy atom. The number of hydrogen-bond donors (Lipinski definition) is 0. The molecule has 0 aromatic heterocycles. The van der Waals surface area contributed by atoms with E-state index in [-0.39, 0.29) is 23.0 Å². The van der Waals surface area contributed by atoms with Crippen molar-refractivity contribution in [2.75, 3.05) is 7.11 Å². The minimum absolute atomic E-state index is 0. The maximum Gasteiger partial charge on any atom is 0.352 e. The number of carbonyl (C=O) groups is 1. The quantitative estimate of drug-likeness (QED) is 0.286. The highest BCUT2D eigenvalue weighted by atomic mass is 79.9. The largest absolute Gasteiger partial charge is 1.00 e. The van der Waals surface area contributed by atoms with Crippen LogP contribution >= 0.6 is 18.9 Å². The maximum atomic E-state index is 13.6. The van der Waals surface area contributed by atoms with Gasteiger partial charge in [0.25, 0.3) is 0 Å². The Morgan fingerprint density at radius 1 is 0.688 bits per heavy atom. The van der Waals surface area contributed by atoms with Gasteiger partial charge in [-0.05, 0) is 42.5 Å². The van der Waals surface area contributed by atoms with Crippen LogP contribution in [0.2, 0.25) is 5.02 Å². The van der Waals surface area contributed by atoms with Crippen LogP contribution in [0.5, 0.6) is 0 Å². The van der Waals surface area contributed by atoms with Gasteiger partial charge in [0, 0.05) is 10.6 Å². The summed E-state index contributed by atoms with van der Waals surface area (Å²) in [6.07, 6.45) is 0. The number of hydrogen-bond acceptors (Lipinski definition) is 2. The first-order valence-electron chi connectivity index (χ1n) is 10.1. The first-order chi connectivity index (χ1) is 15.2. The summed E-state index contributed by atoms with van der Waals surface area (Å²) < 4.78 is 5.42. The molecule has 32 heavy (non-hydrogen) atoms. The molecule has 1 unspecified atom stereocenters. The Morgan fingerprint density at radius 3 is 1.44 bits per heavy atom. The normalized spacial score (nSPS) is 11.8. The molecule has 0 radical (unpaired) electrons. The van der Waals surface area contributed by atoms with Crippen molar-refractivity contribution in [3.05, 3.63) is 126 Å². The Bertz CT molecular complexity index is 1060. The van der Waals surface area contributed by atoms with Crippen LogP contribution in [0.1, 0.15) is 11.2 Å². The van der Waals surface area contributed by atoms with Crippen LogP contribution in [0.25, 0.3) is 0 Å². The van der Waals surface area contributed by atoms with Gasteiger partial charge in [0.05, 0.1) is 7.11 Å². The summed E-state index contributed by atoms with van der Waals surface area (Å²) in [4.78, 5) is 13.6. The van der Waals surface area contributed by atoms with Crippen LogP contribution in [0, 0.1) is 0 Å². The fourth-order valence-electron chi connectivity index (χ4n) is 4.19. The van der Waals surface area contributed by atoms with E-state index in [1.165, 1.54) is 7.11 Å². The van der Waals surface area contributed by atoms with Crippen LogP contribution in [0.4, 0.5) is 0 Å². The van der Waals surface area contributed by atoms with E-state index in [0.29, 0.717) is 5.02 Å². The monoisotopic (exact) mass is 524 g/mol. The lowest BCUT2D eigenvalue weighted by atomic mass is 10.1. The summed E-state index contributed by atoms with van der Waals surface area (Å²) >= 11 is 6.70. The third-order valence-electron chi connectivity index (χ3n) is 5.50. The van der Waals surface area contributed by atoms with Crippen molar-refractivity contribution in [1.29, 1.82) is 0 Å². The second-order valence-corrected chi connectivity index (χ2v) is 11.1. The van der Waals surface area contributed by atoms with E-state index in [9.17, 15) is 4.79 Å². The average molecular weight is 526 g/mol. The molecule has 4 aromatic carbocycles. The van der Waals surface area contributed by atoms with Gasteiger partial charge in [-0.25, -0.2) is 4.79 Å². The van der Waals surface area contributed by atoms with Gasteiger partial charge in [-0.15, -0.1) is 0 Å². The molecule has 5 heteroatoms. The maximum absolute atomic E-state index is 13.6. The highest BCUT2D eigenvalue weighted by molar-refractivity contribution is 7.96. The molecule has 0 heterocycles. The third kappa shape index (κ3) is 4.38. The number of rotatable bonds is 6. The lowest BCUT2D eigenvalue weighted by Crippen LogP contribution is -3.00. The zero-order valence-electron chi connectivity index (χ0n) is 17.6. The van der Waals surface area contributed by atoms with E-state index >= 15 is 0 Å². The first kappa shape index (κ1) is 24.2. The van der Waals surface area contributed by atoms with E-state index in [0.717, 1.165) is 21.5 Å². The second-order valence-electron chi connectivity index (χ2n) is 7.18. The summed E-state index contributed by atoms with van der Waals surface area (Å²) in [7, 11) is -1.10. The van der Waals surface area contributed by atoms with Crippen molar-refractivity contribution in [2.45, 2.75) is 5.66 Å². The number of ether oxygens (including phenoxy) is 1. The predicted molar refractivity (Wildman–Crippen MR) is 131 cm³/mol. The standard InChI is InChI=1S/C27H23ClO2P.BrH/c1-30-27(29)26(24-19-11-12-20-25(24)28)31(21-13-5-2-6-14-21,22-15-7-3-8-16-22)23-17-9-4-10-18-23;/h2-20,26H,1H3;1H/q+1;/p-1. The van der Waals surface area contributed by atoms with E-state index < -0.39 is 12.9 Å². The highest BCUT2D eigenvalue weighted by Gasteiger charge is 2.57. The molecule has 0 saturated carbocycles. The molecule has 0 aliphatic rings. The lowest BCUT2D eigenvalue weighted by molar-refractivity contribution is -0.140. The van der Waals surface area contributed by atoms with Crippen molar-refractivity contribution < 1.29 is 26.5 Å². The topological polar surface area (TPSA) is 26.3 Å². The Hall–Kier alpha value is -2.45. The van der Waals surface area contributed by atoms with Crippen LogP contribution in [-0.4, -0.2) is 13.1 Å². The Labute approximate surface area is 205 Å². The third-order valence-corrected chi connectivity index (χ3v) is 10.4. The van der Waals surface area contributed by atoms with Crippen molar-refractivity contribution in [3.63, 3.8) is 0 Å². The van der Waals surface area contributed by atoms with Gasteiger partial charge in [-0.3, -0.25) is 0 Å². The minimum atomic E-state index is -2.54. The van der Waals surface area contributed by atoms with Gasteiger partial charge in [0.15, 0.2) is 0 Å². The predicted octanol–water partition coefficient (Wildman–Crippen LogP) is 2.55. The van der Waals surface area contributed by atoms with Crippen LogP contribution in [0.3, 0.4) is 0 Å². The van der Waals surface area contributed by atoms with Crippen LogP contribution < -0.4 is 32.9 Å². The second kappa shape index (κ2) is 10.9. The molecule has 0 fully saturated rings. The zero-order chi connectivity index (χ0) is 21.7. The molecule has 0 spiro atoms. The summed E-state index contributed by atoms with van der Waals surface area (Å²) in [5, 5.41) is 3.86. The minimum Gasteiger partial charge on any atom is -1.00 e. The molecule has 0 bridgehead atoms. The molecule has 162 valence electrons. The van der Waals surface area contributed by atoms with Crippen molar-refractivity contribution in [3.8, 4) is 0 Å². The summed E-state index contributed by atoms with van der Waals surface area (Å²) in [5.74, 6) is -0.294. The summed E-state index contributed by atoms with van der Waals surface area (Å²) in [6, 6.07) is 38.4. The van der Waals surface area contributed by atoms with Crippen molar-refractivity contribution in [2.24, 2.45) is 0 Å². The van der Waals surface area contributed by atoms with Crippen molar-refractivity contribution >= 4 is 40.7 Å². The highest BCUT2D eigenvalue weighted by Crippen LogP contribution is 2.67. The molecule has 0 saturated heterocycles. The van der Waals surface area contributed by atoms with Gasteiger partial charge < -0.3 is 21.7 Å². The van der Waals surface area contributed by atoms with Crippen LogP contribution in [0.15, 0.2) is 115 Å². The molecule has 4 aromatic rings. The summed E-state index contributed by atoms with van der Waals surface area (Å²) in [5.41, 5.74) is 0.194. The molecule has 1 atom stereocenters. The smallest absolute Gasteiger partial charge is 0.352 e. The molecule has 4 rings (SSSR count). The fraction of sp³-hybridized carbons (Fsp3) is 0.0741. The van der Waals surface area contributed by atoms with Crippen molar-refractivity contribution in [1.82, 2.24) is 0 Å². The van der Waals surface area contributed by atoms with Gasteiger partial charge in [-0.2, -0.15) is 0 Å². The number of esters is 1. The Kier molecular flexibility index (Phi) is 8.26. The first-order valence-corrected chi connectivity index (χ1v) is 12.3. The molecule has 2 nitrogen and oxygen atoms in total. The van der Waals surface area contributed by atoms with E-state index in [2.05, 4.69) is 36.4 Å². The molecular weight excluding hydrogens is 503 g/mol. The van der Waals surface area contributed by atoms with Crippen LogP contribution in [-0.2, 0) is 9.53 Å². The molecule has 0 amide bonds. The average Bonchev–Trinajstić information content (AvgIpc) is 2.84. The Balaban J connectivity index is 0.00000289. The molecule has 0 aliphatic carbocycles.